The predicted octanol–water partition coefficient (Wildman–Crippen LogP) is 4.98. The van der Waals surface area contributed by atoms with E-state index in [-0.39, 0.29) is 0 Å². The van der Waals surface area contributed by atoms with E-state index in [4.69, 9.17) is 16.3 Å². The summed E-state index contributed by atoms with van der Waals surface area (Å²) in [6.07, 6.45) is 2.28. The Hall–Kier alpha value is -1.71. The van der Waals surface area contributed by atoms with Crippen molar-refractivity contribution in [1.29, 1.82) is 0 Å². The fraction of sp³-hybridized carbons (Fsp3) is 0.400. The Bertz CT molecular complexity index is 628. The molecule has 4 heteroatoms. The van der Waals surface area contributed by atoms with Crippen molar-refractivity contribution in [2.24, 2.45) is 0 Å². The molecular formula is C20H26ClNO2. The molecule has 0 fully saturated rings. The number of unbranched alkanes of at least 4 members (excludes halogenated alkanes) is 1. The highest BCUT2D eigenvalue weighted by Crippen LogP contribution is 2.19. The summed E-state index contributed by atoms with van der Waals surface area (Å²) >= 11 is 6.01. The number of aryl methyl sites for hydroxylation is 2. The monoisotopic (exact) mass is 347 g/mol. The summed E-state index contributed by atoms with van der Waals surface area (Å²) in [4.78, 5) is 0. The average Bonchev–Trinajstić information content (AvgIpc) is 2.57. The molecule has 1 unspecified atom stereocenters. The molecule has 0 radical (unpaired) electrons. The van der Waals surface area contributed by atoms with Crippen LogP contribution in [0.5, 0.6) is 5.75 Å². The highest BCUT2D eigenvalue weighted by molar-refractivity contribution is 6.31. The van der Waals surface area contributed by atoms with Gasteiger partial charge in [-0.1, -0.05) is 29.3 Å². The smallest absolute Gasteiger partial charge is 0.119 e. The van der Waals surface area contributed by atoms with Crippen molar-refractivity contribution in [2.75, 3.05) is 18.5 Å². The summed E-state index contributed by atoms with van der Waals surface area (Å²) in [5.74, 6) is 0.805. The van der Waals surface area contributed by atoms with Crippen molar-refractivity contribution in [3.05, 3.63) is 58.6 Å². The van der Waals surface area contributed by atoms with Gasteiger partial charge in [-0.05, 0) is 69.0 Å². The van der Waals surface area contributed by atoms with Crippen LogP contribution < -0.4 is 10.1 Å². The predicted molar refractivity (Wildman–Crippen MR) is 101 cm³/mol. The maximum absolute atomic E-state index is 9.99. The average molecular weight is 348 g/mol. The molecule has 0 spiro atoms. The van der Waals surface area contributed by atoms with E-state index in [1.54, 1.807) is 0 Å². The molecule has 2 rings (SSSR count). The summed E-state index contributed by atoms with van der Waals surface area (Å²) < 4.78 is 5.60. The minimum atomic E-state index is -0.427. The lowest BCUT2D eigenvalue weighted by molar-refractivity contribution is 0.0979. The largest absolute Gasteiger partial charge is 0.491 e. The van der Waals surface area contributed by atoms with Gasteiger partial charge in [-0.3, -0.25) is 0 Å². The molecule has 0 aliphatic heterocycles. The number of rotatable bonds is 9. The Morgan fingerprint density at radius 2 is 1.83 bits per heavy atom. The zero-order chi connectivity index (χ0) is 17.4. The first-order chi connectivity index (χ1) is 11.5. The molecule has 0 heterocycles. The van der Waals surface area contributed by atoms with Crippen molar-refractivity contribution in [1.82, 2.24) is 0 Å². The van der Waals surface area contributed by atoms with Gasteiger partial charge in [-0.15, -0.1) is 0 Å². The van der Waals surface area contributed by atoms with Gasteiger partial charge in [-0.2, -0.15) is 0 Å². The molecule has 1 atom stereocenters. The second-order valence-corrected chi connectivity index (χ2v) is 6.57. The number of benzene rings is 2. The van der Waals surface area contributed by atoms with Gasteiger partial charge in [0.05, 0.1) is 6.10 Å². The van der Waals surface area contributed by atoms with Crippen LogP contribution in [0.15, 0.2) is 42.5 Å². The first-order valence-corrected chi connectivity index (χ1v) is 8.80. The van der Waals surface area contributed by atoms with Crippen LogP contribution >= 0.6 is 11.6 Å². The quantitative estimate of drug-likeness (QED) is 0.628. The lowest BCUT2D eigenvalue weighted by Crippen LogP contribution is -2.17. The molecule has 0 aliphatic carbocycles. The van der Waals surface area contributed by atoms with Crippen molar-refractivity contribution < 1.29 is 9.84 Å². The first-order valence-electron chi connectivity index (χ1n) is 8.42. The Balaban J connectivity index is 1.58. The number of hydrogen-bond acceptors (Lipinski definition) is 3. The van der Waals surface area contributed by atoms with E-state index in [1.807, 2.05) is 56.3 Å². The zero-order valence-electron chi connectivity index (χ0n) is 14.4. The number of halogens is 1. The topological polar surface area (TPSA) is 41.5 Å². The molecule has 0 bridgehead atoms. The van der Waals surface area contributed by atoms with Crippen LogP contribution in [0.25, 0.3) is 0 Å². The highest BCUT2D eigenvalue weighted by Gasteiger charge is 2.05. The normalized spacial score (nSPS) is 12.0. The van der Waals surface area contributed by atoms with Gasteiger partial charge in [0.25, 0.3) is 0 Å². The molecule has 0 saturated heterocycles. The minimum Gasteiger partial charge on any atom is -0.491 e. The maximum atomic E-state index is 9.99. The Morgan fingerprint density at radius 1 is 1.08 bits per heavy atom. The van der Waals surface area contributed by atoms with Crippen LogP contribution in [0.4, 0.5) is 5.69 Å². The highest BCUT2D eigenvalue weighted by atomic mass is 35.5. The standard InChI is InChI=1S/C20H26ClNO2/c1-15-6-9-19(10-7-15)24-14-18(23)5-3-4-12-22-17-8-11-20(21)16(2)13-17/h6-11,13,18,22-23H,3-5,12,14H2,1-2H3. The van der Waals surface area contributed by atoms with E-state index >= 15 is 0 Å². The van der Waals surface area contributed by atoms with Gasteiger partial charge >= 0.3 is 0 Å². The van der Waals surface area contributed by atoms with E-state index < -0.39 is 6.10 Å². The third kappa shape index (κ3) is 6.42. The number of ether oxygens (including phenoxy) is 1. The summed E-state index contributed by atoms with van der Waals surface area (Å²) in [5, 5.41) is 14.2. The number of nitrogens with one attached hydrogen (secondary N) is 1. The lowest BCUT2D eigenvalue weighted by atomic mass is 10.1. The van der Waals surface area contributed by atoms with Crippen molar-refractivity contribution >= 4 is 17.3 Å². The van der Waals surface area contributed by atoms with Crippen LogP contribution in [0.2, 0.25) is 5.02 Å². The molecule has 2 N–H and O–H groups in total. The van der Waals surface area contributed by atoms with Crippen LogP contribution in [0, 0.1) is 13.8 Å². The lowest BCUT2D eigenvalue weighted by Gasteiger charge is -2.13. The van der Waals surface area contributed by atoms with Gasteiger partial charge in [0.15, 0.2) is 0 Å². The van der Waals surface area contributed by atoms with Gasteiger partial charge in [0, 0.05) is 17.3 Å². The van der Waals surface area contributed by atoms with Gasteiger partial charge < -0.3 is 15.2 Å². The van der Waals surface area contributed by atoms with Crippen LogP contribution in [-0.2, 0) is 0 Å². The van der Waals surface area contributed by atoms with Crippen LogP contribution in [0.1, 0.15) is 30.4 Å². The molecule has 0 aromatic heterocycles. The van der Waals surface area contributed by atoms with Gasteiger partial charge in [0.1, 0.15) is 12.4 Å². The Labute approximate surface area is 149 Å². The molecule has 130 valence electrons. The third-order valence-electron chi connectivity index (χ3n) is 3.91. The molecule has 0 amide bonds. The van der Waals surface area contributed by atoms with Gasteiger partial charge in [0.2, 0.25) is 0 Å². The van der Waals surface area contributed by atoms with Crippen LogP contribution in [-0.4, -0.2) is 24.4 Å². The SMILES string of the molecule is Cc1ccc(OCC(O)CCCCNc2ccc(Cl)c(C)c2)cc1. The second kappa shape index (κ2) is 9.55. The summed E-state index contributed by atoms with van der Waals surface area (Å²) in [7, 11) is 0. The maximum Gasteiger partial charge on any atom is 0.119 e. The van der Waals surface area contributed by atoms with E-state index in [1.165, 1.54) is 5.56 Å². The summed E-state index contributed by atoms with van der Waals surface area (Å²) in [5.41, 5.74) is 3.36. The molecular weight excluding hydrogens is 322 g/mol. The minimum absolute atomic E-state index is 0.340. The van der Waals surface area contributed by atoms with E-state index in [0.717, 1.165) is 47.8 Å². The molecule has 24 heavy (non-hydrogen) atoms. The summed E-state index contributed by atoms with van der Waals surface area (Å²) in [6.45, 7) is 5.26. The van der Waals surface area contributed by atoms with E-state index in [2.05, 4.69) is 5.32 Å². The molecule has 0 aliphatic rings. The number of anilines is 1. The summed E-state index contributed by atoms with van der Waals surface area (Å²) in [6, 6.07) is 13.8. The number of aliphatic hydroxyl groups is 1. The van der Waals surface area contributed by atoms with E-state index in [0.29, 0.717) is 6.61 Å². The molecule has 0 saturated carbocycles. The number of hydrogen-bond donors (Lipinski definition) is 2. The van der Waals surface area contributed by atoms with Crippen molar-refractivity contribution in [2.45, 2.75) is 39.2 Å². The fourth-order valence-electron chi connectivity index (χ4n) is 2.40. The molecule has 2 aromatic carbocycles. The van der Waals surface area contributed by atoms with Crippen LogP contribution in [0.3, 0.4) is 0 Å². The molecule has 2 aromatic rings. The van der Waals surface area contributed by atoms with Gasteiger partial charge in [-0.25, -0.2) is 0 Å². The van der Waals surface area contributed by atoms with E-state index in [9.17, 15) is 5.11 Å². The molecule has 3 nitrogen and oxygen atoms in total. The fourth-order valence-corrected chi connectivity index (χ4v) is 2.52. The Kier molecular flexibility index (Phi) is 7.41. The number of aliphatic hydroxyl groups excluding tert-OH is 1. The van der Waals surface area contributed by atoms with Crippen molar-refractivity contribution in [3.8, 4) is 5.75 Å². The van der Waals surface area contributed by atoms with Crippen molar-refractivity contribution in [3.63, 3.8) is 0 Å². The first kappa shape index (κ1) is 18.6. The Morgan fingerprint density at radius 3 is 2.54 bits per heavy atom. The zero-order valence-corrected chi connectivity index (χ0v) is 15.1. The second-order valence-electron chi connectivity index (χ2n) is 6.16. The third-order valence-corrected chi connectivity index (χ3v) is 4.34.